The molecule has 2 aliphatic rings. The molecule has 7 heteroatoms. The van der Waals surface area contributed by atoms with Crippen molar-refractivity contribution in [3.63, 3.8) is 0 Å². The number of aliphatic imine (C=N–C) groups is 1. The average molecular weight is 339 g/mol. The highest BCUT2D eigenvalue weighted by Gasteiger charge is 2.27. The Hall–Kier alpha value is -1.50. The second kappa shape index (κ2) is 9.71. The maximum atomic E-state index is 11.7. The van der Waals surface area contributed by atoms with Crippen LogP contribution >= 0.6 is 0 Å². The summed E-state index contributed by atoms with van der Waals surface area (Å²) in [5.74, 6) is 0.858. The van der Waals surface area contributed by atoms with Gasteiger partial charge < -0.3 is 20.3 Å². The summed E-state index contributed by atoms with van der Waals surface area (Å²) in [5.41, 5.74) is 0. The van der Waals surface area contributed by atoms with Crippen LogP contribution in [0.1, 0.15) is 39.5 Å². The van der Waals surface area contributed by atoms with Crippen molar-refractivity contribution in [2.24, 2.45) is 4.99 Å². The Balaban J connectivity index is 1.65. The molecule has 0 radical (unpaired) electrons. The van der Waals surface area contributed by atoms with Crippen LogP contribution < -0.4 is 10.6 Å². The first-order valence-electron chi connectivity index (χ1n) is 9.30. The Morgan fingerprint density at radius 1 is 1.25 bits per heavy atom. The molecule has 24 heavy (non-hydrogen) atoms. The summed E-state index contributed by atoms with van der Waals surface area (Å²) >= 11 is 0. The summed E-state index contributed by atoms with van der Waals surface area (Å²) in [5, 5.41) is 6.89. The Kier molecular flexibility index (Phi) is 7.62. The number of guanidine groups is 1. The van der Waals surface area contributed by atoms with Gasteiger partial charge in [-0.25, -0.2) is 4.79 Å². The van der Waals surface area contributed by atoms with E-state index in [1.54, 1.807) is 4.90 Å². The van der Waals surface area contributed by atoms with Gasteiger partial charge in [0, 0.05) is 45.3 Å². The summed E-state index contributed by atoms with van der Waals surface area (Å²) in [6.45, 7) is 9.05. The number of hydrogen-bond donors (Lipinski definition) is 2. The van der Waals surface area contributed by atoms with Gasteiger partial charge in [0.25, 0.3) is 0 Å². The minimum Gasteiger partial charge on any atom is -0.450 e. The zero-order valence-electron chi connectivity index (χ0n) is 15.4. The Labute approximate surface area is 145 Å². The number of carbonyl (C=O) groups is 1. The van der Waals surface area contributed by atoms with Crippen LogP contribution in [0, 0.1) is 0 Å². The molecule has 1 aliphatic carbocycles. The van der Waals surface area contributed by atoms with Crippen LogP contribution in [0.15, 0.2) is 4.99 Å². The van der Waals surface area contributed by atoms with Gasteiger partial charge in [-0.1, -0.05) is 6.92 Å². The quantitative estimate of drug-likeness (QED) is 0.540. The molecule has 0 spiro atoms. The van der Waals surface area contributed by atoms with Crippen LogP contribution in [0.2, 0.25) is 0 Å². The number of likely N-dealkylation sites (tertiary alicyclic amines) is 1. The summed E-state index contributed by atoms with van der Waals surface area (Å²) in [6.07, 6.45) is 4.34. The lowest BCUT2D eigenvalue weighted by Crippen LogP contribution is -2.50. The van der Waals surface area contributed by atoms with Crippen molar-refractivity contribution in [2.45, 2.75) is 51.6 Å². The maximum absolute atomic E-state index is 11.7. The lowest BCUT2D eigenvalue weighted by molar-refractivity contribution is 0.0963. The van der Waals surface area contributed by atoms with E-state index in [-0.39, 0.29) is 6.09 Å². The van der Waals surface area contributed by atoms with Crippen molar-refractivity contribution in [1.82, 2.24) is 20.4 Å². The third-order valence-corrected chi connectivity index (χ3v) is 4.75. The maximum Gasteiger partial charge on any atom is 0.409 e. The predicted octanol–water partition coefficient (Wildman–Crippen LogP) is 1.26. The normalized spacial score (nSPS) is 19.5. The molecule has 0 aromatic heterocycles. The number of hydrogen-bond acceptors (Lipinski definition) is 4. The van der Waals surface area contributed by atoms with Gasteiger partial charge in [-0.05, 0) is 39.2 Å². The van der Waals surface area contributed by atoms with Crippen LogP contribution in [0.5, 0.6) is 0 Å². The fourth-order valence-corrected chi connectivity index (χ4v) is 3.17. The summed E-state index contributed by atoms with van der Waals surface area (Å²) in [7, 11) is 1.81. The smallest absolute Gasteiger partial charge is 0.409 e. The molecular weight excluding hydrogens is 306 g/mol. The fraction of sp³-hybridized carbons (Fsp3) is 0.882. The first-order valence-corrected chi connectivity index (χ1v) is 9.30. The number of nitrogens with one attached hydrogen (secondary N) is 2. The first kappa shape index (κ1) is 18.8. The number of carbonyl (C=O) groups excluding carboxylic acids is 1. The molecule has 0 aromatic carbocycles. The van der Waals surface area contributed by atoms with E-state index in [2.05, 4.69) is 27.4 Å². The van der Waals surface area contributed by atoms with Gasteiger partial charge in [0.15, 0.2) is 5.96 Å². The number of rotatable bonds is 7. The highest BCUT2D eigenvalue weighted by atomic mass is 16.6. The van der Waals surface area contributed by atoms with E-state index in [0.717, 1.165) is 57.6 Å². The van der Waals surface area contributed by atoms with Crippen LogP contribution in [-0.4, -0.2) is 80.3 Å². The third-order valence-electron chi connectivity index (χ3n) is 4.75. The largest absolute Gasteiger partial charge is 0.450 e. The van der Waals surface area contributed by atoms with E-state index in [9.17, 15) is 4.79 Å². The van der Waals surface area contributed by atoms with E-state index in [4.69, 9.17) is 4.74 Å². The highest BCUT2D eigenvalue weighted by Crippen LogP contribution is 2.25. The molecule has 1 aliphatic heterocycles. The second-order valence-corrected chi connectivity index (χ2v) is 6.46. The molecule has 1 heterocycles. The Morgan fingerprint density at radius 3 is 2.50 bits per heavy atom. The summed E-state index contributed by atoms with van der Waals surface area (Å²) < 4.78 is 5.06. The minimum atomic E-state index is -0.196. The molecule has 138 valence electrons. The average Bonchev–Trinajstić information content (AvgIpc) is 3.43. The molecule has 1 saturated heterocycles. The molecule has 1 saturated carbocycles. The topological polar surface area (TPSA) is 69.2 Å². The monoisotopic (exact) mass is 339 g/mol. The van der Waals surface area contributed by atoms with Crippen LogP contribution in [0.4, 0.5) is 4.79 Å². The van der Waals surface area contributed by atoms with Crippen molar-refractivity contribution in [3.05, 3.63) is 0 Å². The van der Waals surface area contributed by atoms with E-state index >= 15 is 0 Å². The van der Waals surface area contributed by atoms with E-state index in [0.29, 0.717) is 12.6 Å². The van der Waals surface area contributed by atoms with Gasteiger partial charge in [0.05, 0.1) is 6.61 Å². The highest BCUT2D eigenvalue weighted by molar-refractivity contribution is 5.80. The van der Waals surface area contributed by atoms with Crippen LogP contribution in [0.3, 0.4) is 0 Å². The molecule has 7 nitrogen and oxygen atoms in total. The molecule has 2 fully saturated rings. The van der Waals surface area contributed by atoms with Crippen LogP contribution in [-0.2, 0) is 4.74 Å². The molecule has 0 bridgehead atoms. The van der Waals surface area contributed by atoms with Gasteiger partial charge >= 0.3 is 6.09 Å². The lowest BCUT2D eigenvalue weighted by atomic mass is 10.1. The van der Waals surface area contributed by atoms with Gasteiger partial charge in [-0.3, -0.25) is 9.89 Å². The standard InChI is InChI=1S/C17H33N5O2/c1-4-21(15-6-7-15)13-10-19-16(18-3)20-14-8-11-22(12-9-14)17(23)24-5-2/h14-15H,4-13H2,1-3H3,(H2,18,19,20). The number of ether oxygens (including phenoxy) is 1. The molecule has 2 N–H and O–H groups in total. The van der Waals surface area contributed by atoms with E-state index in [1.165, 1.54) is 12.8 Å². The number of nitrogens with zero attached hydrogens (tertiary/aromatic N) is 3. The van der Waals surface area contributed by atoms with Crippen molar-refractivity contribution in [2.75, 3.05) is 46.4 Å². The minimum absolute atomic E-state index is 0.196. The van der Waals surface area contributed by atoms with Crippen molar-refractivity contribution < 1.29 is 9.53 Å². The SMILES string of the molecule is CCOC(=O)N1CCC(NC(=NC)NCCN(CC)C2CC2)CC1. The van der Waals surface area contributed by atoms with Gasteiger partial charge in [0.1, 0.15) is 0 Å². The Morgan fingerprint density at radius 2 is 1.96 bits per heavy atom. The van der Waals surface area contributed by atoms with Crippen molar-refractivity contribution in [1.29, 1.82) is 0 Å². The molecule has 0 aromatic rings. The van der Waals surface area contributed by atoms with Crippen LogP contribution in [0.25, 0.3) is 0 Å². The van der Waals surface area contributed by atoms with E-state index in [1.807, 2.05) is 14.0 Å². The van der Waals surface area contributed by atoms with Gasteiger partial charge in [0.2, 0.25) is 0 Å². The van der Waals surface area contributed by atoms with E-state index < -0.39 is 0 Å². The molecule has 0 atom stereocenters. The number of piperidine rings is 1. The second-order valence-electron chi connectivity index (χ2n) is 6.46. The first-order chi connectivity index (χ1) is 11.7. The summed E-state index contributed by atoms with van der Waals surface area (Å²) in [6, 6.07) is 1.16. The lowest BCUT2D eigenvalue weighted by Gasteiger charge is -2.32. The number of amides is 1. The molecular formula is C17H33N5O2. The molecule has 1 amide bonds. The van der Waals surface area contributed by atoms with Gasteiger partial charge in [-0.15, -0.1) is 0 Å². The zero-order valence-corrected chi connectivity index (χ0v) is 15.4. The Bertz CT molecular complexity index is 417. The number of likely N-dealkylation sites (N-methyl/N-ethyl adjacent to an activating group) is 1. The fourth-order valence-electron chi connectivity index (χ4n) is 3.17. The summed E-state index contributed by atoms with van der Waals surface area (Å²) in [4.78, 5) is 20.3. The van der Waals surface area contributed by atoms with Crippen molar-refractivity contribution >= 4 is 12.1 Å². The third kappa shape index (κ3) is 5.85. The molecule has 0 unspecified atom stereocenters. The van der Waals surface area contributed by atoms with Gasteiger partial charge in [-0.2, -0.15) is 0 Å². The van der Waals surface area contributed by atoms with Crippen molar-refractivity contribution in [3.8, 4) is 0 Å². The molecule has 2 rings (SSSR count). The predicted molar refractivity (Wildman–Crippen MR) is 96.4 cm³/mol. The zero-order chi connectivity index (χ0) is 17.4.